The van der Waals surface area contributed by atoms with Crippen molar-refractivity contribution in [3.8, 4) is 10.7 Å². The highest BCUT2D eigenvalue weighted by Gasteiger charge is 2.22. The summed E-state index contributed by atoms with van der Waals surface area (Å²) >= 11 is 6.85. The third-order valence-electron chi connectivity index (χ3n) is 4.25. The maximum Gasteiger partial charge on any atom is 0.316 e. The van der Waals surface area contributed by atoms with Gasteiger partial charge >= 0.3 is 6.03 Å². The number of nitrogens with one attached hydrogen (secondary N) is 3. The summed E-state index contributed by atoms with van der Waals surface area (Å²) in [7, 11) is 0. The summed E-state index contributed by atoms with van der Waals surface area (Å²) in [5.74, 6) is 0.458. The number of aromatic nitrogens is 3. The molecule has 0 spiro atoms. The Kier molecular flexibility index (Phi) is 5.90. The lowest BCUT2D eigenvalue weighted by Gasteiger charge is -2.20. The van der Waals surface area contributed by atoms with E-state index < -0.39 is 12.1 Å². The van der Waals surface area contributed by atoms with Crippen LogP contribution in [-0.2, 0) is 4.79 Å². The third-order valence-corrected chi connectivity index (χ3v) is 5.40. The number of nitrogens with zero attached hydrogens (tertiary/aromatic N) is 2. The fraction of sp³-hybridized carbons (Fsp3) is 0.222. The van der Waals surface area contributed by atoms with Crippen molar-refractivity contribution in [1.29, 1.82) is 0 Å². The highest BCUT2D eigenvalue weighted by atomic mass is 32.1. The van der Waals surface area contributed by atoms with Gasteiger partial charge in [-0.05, 0) is 55.2 Å². The Morgan fingerprint density at radius 2 is 1.96 bits per heavy atom. The number of primary amides is 1. The molecule has 3 amide bonds. The van der Waals surface area contributed by atoms with Crippen LogP contribution in [0.25, 0.3) is 10.7 Å². The molecule has 3 aromatic rings. The van der Waals surface area contributed by atoms with Crippen molar-refractivity contribution in [3.63, 3.8) is 0 Å². The van der Waals surface area contributed by atoms with Crippen LogP contribution in [0.4, 0.5) is 10.5 Å². The molecule has 0 aliphatic carbocycles. The second-order valence-corrected chi connectivity index (χ2v) is 7.55. The van der Waals surface area contributed by atoms with Gasteiger partial charge in [-0.2, -0.15) is 5.10 Å². The number of urea groups is 1. The van der Waals surface area contributed by atoms with Crippen LogP contribution >= 0.6 is 23.6 Å². The average molecular weight is 417 g/mol. The van der Waals surface area contributed by atoms with E-state index in [9.17, 15) is 9.59 Å². The van der Waals surface area contributed by atoms with E-state index in [0.29, 0.717) is 16.3 Å². The SMILES string of the molecule is CC(NC(=O)C(C)n1c(-c2cccs2)n[nH]c1=S)c1ccc(NC(N)=O)cc1. The van der Waals surface area contributed by atoms with Gasteiger partial charge in [0, 0.05) is 5.69 Å². The van der Waals surface area contributed by atoms with Crippen molar-refractivity contribution in [2.75, 3.05) is 5.32 Å². The molecule has 0 bridgehead atoms. The molecule has 0 saturated carbocycles. The van der Waals surface area contributed by atoms with Crippen LogP contribution in [0.1, 0.15) is 31.5 Å². The number of nitrogens with two attached hydrogens (primary N) is 1. The van der Waals surface area contributed by atoms with Crippen LogP contribution in [-0.4, -0.2) is 26.7 Å². The van der Waals surface area contributed by atoms with E-state index in [2.05, 4.69) is 20.8 Å². The molecule has 28 heavy (non-hydrogen) atoms. The zero-order chi connectivity index (χ0) is 20.3. The van der Waals surface area contributed by atoms with E-state index in [1.165, 1.54) is 11.3 Å². The van der Waals surface area contributed by atoms with Crippen molar-refractivity contribution in [2.45, 2.75) is 25.9 Å². The number of aromatic amines is 1. The van der Waals surface area contributed by atoms with Gasteiger partial charge in [0.1, 0.15) is 6.04 Å². The summed E-state index contributed by atoms with van der Waals surface area (Å²) in [4.78, 5) is 24.6. The van der Waals surface area contributed by atoms with Gasteiger partial charge in [0.2, 0.25) is 5.91 Å². The largest absolute Gasteiger partial charge is 0.351 e. The number of hydrogen-bond donors (Lipinski definition) is 4. The lowest BCUT2D eigenvalue weighted by atomic mass is 10.1. The molecule has 5 N–H and O–H groups in total. The first-order valence-corrected chi connectivity index (χ1v) is 9.83. The van der Waals surface area contributed by atoms with E-state index in [0.717, 1.165) is 10.4 Å². The van der Waals surface area contributed by atoms with Gasteiger partial charge in [0.15, 0.2) is 10.6 Å². The standard InChI is InChI=1S/C18H20N6O2S2/c1-10(12-5-7-13(8-6-12)21-17(19)26)20-16(25)11(2)24-15(22-23-18(24)27)14-4-3-9-28-14/h3-11H,1-2H3,(H,20,25)(H,23,27)(H3,19,21,26). The van der Waals surface area contributed by atoms with Gasteiger partial charge < -0.3 is 16.4 Å². The summed E-state index contributed by atoms with van der Waals surface area (Å²) in [6.07, 6.45) is 0. The molecule has 2 unspecified atom stereocenters. The molecule has 0 radical (unpaired) electrons. The normalized spacial score (nSPS) is 12.9. The number of anilines is 1. The minimum Gasteiger partial charge on any atom is -0.351 e. The van der Waals surface area contributed by atoms with Crippen LogP contribution in [0.5, 0.6) is 0 Å². The molecule has 0 fully saturated rings. The fourth-order valence-electron chi connectivity index (χ4n) is 2.78. The molecule has 0 aliphatic rings. The number of amides is 3. The summed E-state index contributed by atoms with van der Waals surface area (Å²) in [6.45, 7) is 3.67. The first-order valence-electron chi connectivity index (χ1n) is 8.54. The predicted molar refractivity (Wildman–Crippen MR) is 112 cm³/mol. The van der Waals surface area contributed by atoms with Crippen molar-refractivity contribution < 1.29 is 9.59 Å². The van der Waals surface area contributed by atoms with E-state index >= 15 is 0 Å². The number of hydrogen-bond acceptors (Lipinski definition) is 5. The maximum atomic E-state index is 12.8. The van der Waals surface area contributed by atoms with Crippen LogP contribution in [0.3, 0.4) is 0 Å². The second kappa shape index (κ2) is 8.36. The lowest BCUT2D eigenvalue weighted by Crippen LogP contribution is -2.33. The third kappa shape index (κ3) is 4.29. The molecule has 2 aromatic heterocycles. The second-order valence-electron chi connectivity index (χ2n) is 6.22. The minimum atomic E-state index is -0.624. The van der Waals surface area contributed by atoms with Gasteiger partial charge in [0.05, 0.1) is 10.9 Å². The quantitative estimate of drug-likeness (QED) is 0.459. The summed E-state index contributed by atoms with van der Waals surface area (Å²) < 4.78 is 2.10. The Hall–Kier alpha value is -2.98. The lowest BCUT2D eigenvalue weighted by molar-refractivity contribution is -0.124. The smallest absolute Gasteiger partial charge is 0.316 e. The van der Waals surface area contributed by atoms with Crippen LogP contribution in [0.2, 0.25) is 0 Å². The number of thiophene rings is 1. The van der Waals surface area contributed by atoms with Gasteiger partial charge in [-0.25, -0.2) is 4.79 Å². The number of carbonyl (C=O) groups is 2. The minimum absolute atomic E-state index is 0.179. The monoisotopic (exact) mass is 416 g/mol. The highest BCUT2D eigenvalue weighted by Crippen LogP contribution is 2.26. The zero-order valence-electron chi connectivity index (χ0n) is 15.3. The Bertz CT molecular complexity index is 1020. The summed E-state index contributed by atoms with van der Waals surface area (Å²) in [5, 5.41) is 14.5. The van der Waals surface area contributed by atoms with Gasteiger partial charge in [-0.3, -0.25) is 14.5 Å². The molecule has 146 valence electrons. The van der Waals surface area contributed by atoms with E-state index in [-0.39, 0.29) is 11.9 Å². The average Bonchev–Trinajstić information content (AvgIpc) is 3.30. The summed E-state index contributed by atoms with van der Waals surface area (Å²) in [5.41, 5.74) is 6.59. The van der Waals surface area contributed by atoms with E-state index in [1.807, 2.05) is 36.6 Å². The van der Waals surface area contributed by atoms with Crippen molar-refractivity contribution in [3.05, 3.63) is 52.1 Å². The van der Waals surface area contributed by atoms with Crippen LogP contribution < -0.4 is 16.4 Å². The van der Waals surface area contributed by atoms with E-state index in [1.54, 1.807) is 23.6 Å². The van der Waals surface area contributed by atoms with Crippen LogP contribution in [0.15, 0.2) is 41.8 Å². The zero-order valence-corrected chi connectivity index (χ0v) is 16.9. The highest BCUT2D eigenvalue weighted by molar-refractivity contribution is 7.71. The van der Waals surface area contributed by atoms with Gasteiger partial charge in [-0.1, -0.05) is 18.2 Å². The Morgan fingerprint density at radius 3 is 2.57 bits per heavy atom. The van der Waals surface area contributed by atoms with Gasteiger partial charge in [0.25, 0.3) is 0 Å². The molecular formula is C18H20N6O2S2. The molecule has 3 rings (SSSR count). The summed E-state index contributed by atoms with van der Waals surface area (Å²) in [6, 6.07) is 9.56. The Morgan fingerprint density at radius 1 is 1.25 bits per heavy atom. The van der Waals surface area contributed by atoms with Gasteiger partial charge in [-0.15, -0.1) is 11.3 Å². The molecule has 8 nitrogen and oxygen atoms in total. The molecule has 1 aromatic carbocycles. The Balaban J connectivity index is 1.73. The van der Waals surface area contributed by atoms with Crippen LogP contribution in [0, 0.1) is 4.77 Å². The number of benzene rings is 1. The molecule has 0 saturated heterocycles. The first-order chi connectivity index (χ1) is 13.4. The molecule has 2 atom stereocenters. The van der Waals surface area contributed by atoms with E-state index in [4.69, 9.17) is 18.0 Å². The molecule has 0 aliphatic heterocycles. The number of carbonyl (C=O) groups excluding carboxylic acids is 2. The molecule has 10 heteroatoms. The molecule has 2 heterocycles. The Labute approximate surface area is 170 Å². The van der Waals surface area contributed by atoms with Crippen molar-refractivity contribution in [1.82, 2.24) is 20.1 Å². The van der Waals surface area contributed by atoms with Crippen molar-refractivity contribution in [2.24, 2.45) is 5.73 Å². The maximum absolute atomic E-state index is 12.8. The fourth-order valence-corrected chi connectivity index (χ4v) is 3.78. The first kappa shape index (κ1) is 19.8. The van der Waals surface area contributed by atoms with Crippen molar-refractivity contribution >= 4 is 41.2 Å². The molecular weight excluding hydrogens is 396 g/mol. The topological polar surface area (TPSA) is 118 Å². The predicted octanol–water partition coefficient (Wildman–Crippen LogP) is 3.60. The number of H-pyrrole nitrogens is 1. The number of rotatable bonds is 6.